The molecular formula is C17H20BrClN2O2S. The third-order valence-corrected chi connectivity index (χ3v) is 6.62. The van der Waals surface area contributed by atoms with Crippen molar-refractivity contribution in [1.82, 2.24) is 4.31 Å². The maximum absolute atomic E-state index is 12.7. The first-order valence-electron chi connectivity index (χ1n) is 7.69. The lowest BCUT2D eigenvalue weighted by molar-refractivity contribution is -0.917. The standard InChI is InChI=1S/C17H19BrN2O2S.ClH/c18-16-6-8-17(9-7-16)23(21,22)20-12-10-19(11-13-20)14-15-4-2-1-3-5-15;/h1-9H,10-14H2;1H. The van der Waals surface area contributed by atoms with Crippen molar-refractivity contribution in [3.05, 3.63) is 64.6 Å². The molecule has 1 N–H and O–H groups in total. The molecule has 7 heteroatoms. The second kappa shape index (κ2) is 8.45. The summed E-state index contributed by atoms with van der Waals surface area (Å²) in [4.78, 5) is 1.80. The Morgan fingerprint density at radius 2 is 1.54 bits per heavy atom. The van der Waals surface area contributed by atoms with Crippen LogP contribution in [0.4, 0.5) is 0 Å². The topological polar surface area (TPSA) is 41.8 Å². The zero-order chi connectivity index (χ0) is 16.3. The SMILES string of the molecule is O=S(=O)(c1ccc(Br)cc1)N1CC[NH+](Cc2ccccc2)CC1.[Cl-]. The second-order valence-corrected chi connectivity index (χ2v) is 8.62. The van der Waals surface area contributed by atoms with Crippen molar-refractivity contribution in [2.24, 2.45) is 0 Å². The molecule has 1 heterocycles. The van der Waals surface area contributed by atoms with Gasteiger partial charge in [0.25, 0.3) is 0 Å². The number of benzene rings is 2. The van der Waals surface area contributed by atoms with Crippen molar-refractivity contribution < 1.29 is 25.7 Å². The van der Waals surface area contributed by atoms with Crippen molar-refractivity contribution in [3.63, 3.8) is 0 Å². The molecule has 3 rings (SSSR count). The highest BCUT2D eigenvalue weighted by Gasteiger charge is 2.30. The normalized spacial score (nSPS) is 16.5. The molecule has 0 unspecified atom stereocenters. The summed E-state index contributed by atoms with van der Waals surface area (Å²) in [6.07, 6.45) is 0. The van der Waals surface area contributed by atoms with E-state index >= 15 is 0 Å². The lowest BCUT2D eigenvalue weighted by Crippen LogP contribution is -3.13. The van der Waals surface area contributed by atoms with Gasteiger partial charge in [0.15, 0.2) is 0 Å². The minimum Gasteiger partial charge on any atom is -1.00 e. The third-order valence-electron chi connectivity index (χ3n) is 4.18. The van der Waals surface area contributed by atoms with Crippen LogP contribution in [0.1, 0.15) is 5.56 Å². The highest BCUT2D eigenvalue weighted by atomic mass is 79.9. The van der Waals surface area contributed by atoms with Crippen molar-refractivity contribution in [2.45, 2.75) is 11.4 Å². The molecule has 0 atom stereocenters. The molecule has 1 saturated heterocycles. The van der Waals surface area contributed by atoms with Gasteiger partial charge in [0.05, 0.1) is 31.1 Å². The number of sulfonamides is 1. The van der Waals surface area contributed by atoms with Gasteiger partial charge in [0, 0.05) is 10.0 Å². The Kier molecular flexibility index (Phi) is 6.83. The minimum atomic E-state index is -3.38. The lowest BCUT2D eigenvalue weighted by atomic mass is 10.2. The minimum absolute atomic E-state index is 0. The van der Waals surface area contributed by atoms with Gasteiger partial charge in [0.1, 0.15) is 6.54 Å². The maximum Gasteiger partial charge on any atom is 0.243 e. The van der Waals surface area contributed by atoms with Crippen molar-refractivity contribution >= 4 is 26.0 Å². The van der Waals surface area contributed by atoms with E-state index in [-0.39, 0.29) is 12.4 Å². The molecule has 0 bridgehead atoms. The predicted octanol–water partition coefficient (Wildman–Crippen LogP) is -1.46. The number of quaternary nitrogens is 1. The Morgan fingerprint density at radius 3 is 2.12 bits per heavy atom. The Labute approximate surface area is 158 Å². The van der Waals surface area contributed by atoms with Gasteiger partial charge in [-0.25, -0.2) is 8.42 Å². The first-order valence-corrected chi connectivity index (χ1v) is 9.92. The van der Waals surface area contributed by atoms with E-state index in [0.29, 0.717) is 18.0 Å². The molecule has 0 aliphatic carbocycles. The largest absolute Gasteiger partial charge is 1.00 e. The summed E-state index contributed by atoms with van der Waals surface area (Å²) in [7, 11) is -3.38. The Balaban J connectivity index is 0.00000208. The third kappa shape index (κ3) is 4.58. The molecule has 0 radical (unpaired) electrons. The van der Waals surface area contributed by atoms with Crippen LogP contribution in [-0.2, 0) is 16.6 Å². The van der Waals surface area contributed by atoms with Crippen LogP contribution in [0.15, 0.2) is 64.0 Å². The fourth-order valence-corrected chi connectivity index (χ4v) is 4.57. The van der Waals surface area contributed by atoms with Crippen LogP contribution in [0, 0.1) is 0 Å². The number of nitrogens with one attached hydrogen (secondary N) is 1. The van der Waals surface area contributed by atoms with E-state index < -0.39 is 10.0 Å². The number of hydrogen-bond acceptors (Lipinski definition) is 2. The Hall–Kier alpha value is -0.920. The van der Waals surface area contributed by atoms with E-state index in [4.69, 9.17) is 0 Å². The van der Waals surface area contributed by atoms with Gasteiger partial charge in [-0.05, 0) is 24.3 Å². The Bertz CT molecular complexity index is 746. The maximum atomic E-state index is 12.7. The molecule has 1 fully saturated rings. The fraction of sp³-hybridized carbons (Fsp3) is 0.294. The summed E-state index contributed by atoms with van der Waals surface area (Å²) in [5.41, 5.74) is 1.30. The number of piperazine rings is 1. The van der Waals surface area contributed by atoms with Gasteiger partial charge in [-0.15, -0.1) is 0 Å². The lowest BCUT2D eigenvalue weighted by Gasteiger charge is -2.31. The first kappa shape index (κ1) is 19.4. The van der Waals surface area contributed by atoms with E-state index in [1.807, 2.05) is 18.2 Å². The van der Waals surface area contributed by atoms with E-state index in [2.05, 4.69) is 28.1 Å². The first-order chi connectivity index (χ1) is 11.1. The van der Waals surface area contributed by atoms with Crippen LogP contribution in [0.5, 0.6) is 0 Å². The highest BCUT2D eigenvalue weighted by molar-refractivity contribution is 9.10. The smallest absolute Gasteiger partial charge is 0.243 e. The average molecular weight is 432 g/mol. The van der Waals surface area contributed by atoms with Crippen LogP contribution in [0.3, 0.4) is 0 Å². The monoisotopic (exact) mass is 430 g/mol. The second-order valence-electron chi connectivity index (χ2n) is 5.77. The molecule has 0 spiro atoms. The molecule has 130 valence electrons. The summed E-state index contributed by atoms with van der Waals surface area (Å²) in [6.45, 7) is 3.77. The zero-order valence-electron chi connectivity index (χ0n) is 13.2. The van der Waals surface area contributed by atoms with E-state index in [1.165, 1.54) is 10.5 Å². The fourth-order valence-electron chi connectivity index (χ4n) is 2.86. The van der Waals surface area contributed by atoms with Gasteiger partial charge in [-0.2, -0.15) is 4.31 Å². The van der Waals surface area contributed by atoms with Crippen LogP contribution in [0.25, 0.3) is 0 Å². The number of rotatable bonds is 4. The molecular weight excluding hydrogens is 412 g/mol. The molecule has 4 nitrogen and oxygen atoms in total. The molecule has 0 saturated carbocycles. The summed E-state index contributed by atoms with van der Waals surface area (Å²) in [5.74, 6) is 0. The molecule has 2 aromatic rings. The zero-order valence-corrected chi connectivity index (χ0v) is 16.3. The molecule has 1 aliphatic heterocycles. The van der Waals surface area contributed by atoms with Crippen LogP contribution < -0.4 is 17.3 Å². The van der Waals surface area contributed by atoms with E-state index in [9.17, 15) is 8.42 Å². The van der Waals surface area contributed by atoms with Gasteiger partial charge in [-0.1, -0.05) is 46.3 Å². The average Bonchev–Trinajstić information content (AvgIpc) is 2.57. The van der Waals surface area contributed by atoms with Gasteiger partial charge in [-0.3, -0.25) is 0 Å². The van der Waals surface area contributed by atoms with Gasteiger partial charge >= 0.3 is 0 Å². The van der Waals surface area contributed by atoms with Crippen LogP contribution in [-0.4, -0.2) is 38.9 Å². The summed E-state index contributed by atoms with van der Waals surface area (Å²) in [5, 5.41) is 0. The number of nitrogens with zero attached hydrogens (tertiary/aromatic N) is 1. The molecule has 0 aromatic heterocycles. The number of halogens is 2. The summed E-state index contributed by atoms with van der Waals surface area (Å²) < 4.78 is 27.8. The van der Waals surface area contributed by atoms with Crippen LogP contribution in [0.2, 0.25) is 0 Å². The van der Waals surface area contributed by atoms with E-state index in [0.717, 1.165) is 24.1 Å². The molecule has 24 heavy (non-hydrogen) atoms. The predicted molar refractivity (Wildman–Crippen MR) is 93.7 cm³/mol. The Morgan fingerprint density at radius 1 is 0.958 bits per heavy atom. The summed E-state index contributed by atoms with van der Waals surface area (Å²) >= 11 is 3.34. The van der Waals surface area contributed by atoms with Crippen LogP contribution >= 0.6 is 15.9 Å². The molecule has 1 aliphatic rings. The van der Waals surface area contributed by atoms with Crippen molar-refractivity contribution in [2.75, 3.05) is 26.2 Å². The van der Waals surface area contributed by atoms with Crippen molar-refractivity contribution in [3.8, 4) is 0 Å². The van der Waals surface area contributed by atoms with Gasteiger partial charge in [0.2, 0.25) is 10.0 Å². The molecule has 0 amide bonds. The van der Waals surface area contributed by atoms with Crippen molar-refractivity contribution in [1.29, 1.82) is 0 Å². The van der Waals surface area contributed by atoms with E-state index in [1.54, 1.807) is 28.6 Å². The highest BCUT2D eigenvalue weighted by Crippen LogP contribution is 2.18. The number of hydrogen-bond donors (Lipinski definition) is 1. The molecule has 2 aromatic carbocycles. The van der Waals surface area contributed by atoms with Gasteiger partial charge < -0.3 is 17.3 Å². The summed E-state index contributed by atoms with van der Waals surface area (Å²) in [6, 6.07) is 17.2. The quantitative estimate of drug-likeness (QED) is 0.643.